The second-order valence-corrected chi connectivity index (χ2v) is 4.73. The standard InChI is InChI=1S/C15H21N5/c1-4-17-14-12(2)15(19-11-18-14)20(3)10-7-13-5-8-16-9-6-13/h5-6,8-9,11H,4,7,10H2,1-3H3,(H,17,18,19). The number of aromatic nitrogens is 3. The van der Waals surface area contributed by atoms with Crippen LogP contribution in [-0.2, 0) is 6.42 Å². The lowest BCUT2D eigenvalue weighted by Gasteiger charge is -2.21. The van der Waals surface area contributed by atoms with E-state index in [1.807, 2.05) is 24.5 Å². The van der Waals surface area contributed by atoms with Gasteiger partial charge in [0, 0.05) is 38.1 Å². The predicted octanol–water partition coefficient (Wildman–Crippen LogP) is 2.29. The van der Waals surface area contributed by atoms with Crippen LogP contribution in [0.3, 0.4) is 0 Å². The summed E-state index contributed by atoms with van der Waals surface area (Å²) >= 11 is 0. The molecule has 5 nitrogen and oxygen atoms in total. The van der Waals surface area contributed by atoms with E-state index >= 15 is 0 Å². The van der Waals surface area contributed by atoms with Crippen LogP contribution in [0.15, 0.2) is 30.9 Å². The Kier molecular flexibility index (Phi) is 4.87. The zero-order valence-corrected chi connectivity index (χ0v) is 12.3. The Morgan fingerprint density at radius 2 is 1.95 bits per heavy atom. The van der Waals surface area contributed by atoms with Gasteiger partial charge in [-0.15, -0.1) is 0 Å². The van der Waals surface area contributed by atoms with Gasteiger partial charge in [0.15, 0.2) is 0 Å². The molecule has 0 aliphatic rings. The quantitative estimate of drug-likeness (QED) is 0.873. The van der Waals surface area contributed by atoms with Crippen molar-refractivity contribution in [3.05, 3.63) is 42.0 Å². The van der Waals surface area contributed by atoms with Crippen molar-refractivity contribution in [2.24, 2.45) is 0 Å². The van der Waals surface area contributed by atoms with Crippen LogP contribution in [0.2, 0.25) is 0 Å². The summed E-state index contributed by atoms with van der Waals surface area (Å²) < 4.78 is 0. The number of hydrogen-bond acceptors (Lipinski definition) is 5. The summed E-state index contributed by atoms with van der Waals surface area (Å²) in [7, 11) is 2.06. The van der Waals surface area contributed by atoms with E-state index in [1.54, 1.807) is 6.33 Å². The number of pyridine rings is 1. The van der Waals surface area contributed by atoms with Gasteiger partial charge in [0.2, 0.25) is 0 Å². The van der Waals surface area contributed by atoms with Gasteiger partial charge in [0.1, 0.15) is 18.0 Å². The summed E-state index contributed by atoms with van der Waals surface area (Å²) in [4.78, 5) is 14.9. The topological polar surface area (TPSA) is 53.9 Å². The highest BCUT2D eigenvalue weighted by atomic mass is 15.2. The molecule has 0 saturated carbocycles. The molecule has 2 heterocycles. The summed E-state index contributed by atoms with van der Waals surface area (Å²) in [6, 6.07) is 4.09. The van der Waals surface area contributed by atoms with Gasteiger partial charge in [0.25, 0.3) is 0 Å². The van der Waals surface area contributed by atoms with E-state index in [4.69, 9.17) is 0 Å². The second-order valence-electron chi connectivity index (χ2n) is 4.73. The summed E-state index contributed by atoms with van der Waals surface area (Å²) in [5, 5.41) is 3.26. The van der Waals surface area contributed by atoms with E-state index in [2.05, 4.69) is 46.1 Å². The number of nitrogens with one attached hydrogen (secondary N) is 1. The summed E-state index contributed by atoms with van der Waals surface area (Å²) in [5.41, 5.74) is 2.37. The first-order chi connectivity index (χ1) is 9.72. The maximum Gasteiger partial charge on any atom is 0.136 e. The van der Waals surface area contributed by atoms with Crippen molar-refractivity contribution in [2.75, 3.05) is 30.4 Å². The first kappa shape index (κ1) is 14.2. The molecule has 0 radical (unpaired) electrons. The summed E-state index contributed by atoms with van der Waals surface area (Å²) in [6.45, 7) is 5.89. The van der Waals surface area contributed by atoms with Gasteiger partial charge in [-0.1, -0.05) is 0 Å². The van der Waals surface area contributed by atoms with Crippen molar-refractivity contribution in [3.63, 3.8) is 0 Å². The molecule has 2 aromatic heterocycles. The minimum Gasteiger partial charge on any atom is -0.370 e. The molecule has 5 heteroatoms. The van der Waals surface area contributed by atoms with Gasteiger partial charge in [-0.25, -0.2) is 9.97 Å². The Morgan fingerprint density at radius 3 is 2.65 bits per heavy atom. The molecule has 0 spiro atoms. The normalized spacial score (nSPS) is 10.3. The maximum atomic E-state index is 4.40. The van der Waals surface area contributed by atoms with Crippen molar-refractivity contribution < 1.29 is 0 Å². The third-order valence-electron chi connectivity index (χ3n) is 3.25. The van der Waals surface area contributed by atoms with Gasteiger partial charge < -0.3 is 10.2 Å². The number of rotatable bonds is 6. The van der Waals surface area contributed by atoms with E-state index in [0.29, 0.717) is 0 Å². The molecule has 0 amide bonds. The minimum atomic E-state index is 0.859. The fourth-order valence-electron chi connectivity index (χ4n) is 2.12. The number of hydrogen-bond donors (Lipinski definition) is 1. The molecule has 0 saturated heterocycles. The van der Waals surface area contributed by atoms with Gasteiger partial charge in [-0.2, -0.15) is 0 Å². The van der Waals surface area contributed by atoms with Crippen LogP contribution in [0.1, 0.15) is 18.1 Å². The zero-order valence-electron chi connectivity index (χ0n) is 12.3. The summed E-state index contributed by atoms with van der Waals surface area (Å²) in [6.07, 6.45) is 6.24. The highest BCUT2D eigenvalue weighted by molar-refractivity contribution is 5.57. The molecule has 0 aliphatic carbocycles. The first-order valence-corrected chi connectivity index (χ1v) is 6.88. The van der Waals surface area contributed by atoms with Crippen molar-refractivity contribution in [3.8, 4) is 0 Å². The molecule has 2 rings (SSSR count). The van der Waals surface area contributed by atoms with Crippen LogP contribution in [-0.4, -0.2) is 35.1 Å². The fourth-order valence-corrected chi connectivity index (χ4v) is 2.12. The lowest BCUT2D eigenvalue weighted by atomic mass is 10.2. The van der Waals surface area contributed by atoms with Crippen molar-refractivity contribution in [1.82, 2.24) is 15.0 Å². The SMILES string of the molecule is CCNc1ncnc(N(C)CCc2ccncc2)c1C. The second kappa shape index (κ2) is 6.84. The van der Waals surface area contributed by atoms with Crippen molar-refractivity contribution in [2.45, 2.75) is 20.3 Å². The van der Waals surface area contributed by atoms with Gasteiger partial charge >= 0.3 is 0 Å². The molecular weight excluding hydrogens is 250 g/mol. The molecule has 2 aromatic rings. The van der Waals surface area contributed by atoms with Gasteiger partial charge in [-0.05, 0) is 38.0 Å². The number of nitrogens with zero attached hydrogens (tertiary/aromatic N) is 4. The third-order valence-corrected chi connectivity index (χ3v) is 3.25. The van der Waals surface area contributed by atoms with E-state index < -0.39 is 0 Å². The Labute approximate surface area is 120 Å². The van der Waals surface area contributed by atoms with Crippen LogP contribution < -0.4 is 10.2 Å². The predicted molar refractivity (Wildman–Crippen MR) is 82.1 cm³/mol. The molecule has 0 fully saturated rings. The van der Waals surface area contributed by atoms with Crippen LogP contribution in [0.4, 0.5) is 11.6 Å². The molecule has 0 bridgehead atoms. The van der Waals surface area contributed by atoms with Gasteiger partial charge in [-0.3, -0.25) is 4.98 Å². The van der Waals surface area contributed by atoms with Crippen molar-refractivity contribution >= 4 is 11.6 Å². The van der Waals surface area contributed by atoms with E-state index in [9.17, 15) is 0 Å². The first-order valence-electron chi connectivity index (χ1n) is 6.88. The largest absolute Gasteiger partial charge is 0.370 e. The maximum absolute atomic E-state index is 4.40. The molecule has 0 atom stereocenters. The number of anilines is 2. The average Bonchev–Trinajstić information content (AvgIpc) is 2.48. The van der Waals surface area contributed by atoms with E-state index in [0.717, 1.165) is 36.7 Å². The molecule has 0 aliphatic heterocycles. The Hall–Kier alpha value is -2.17. The Balaban J connectivity index is 2.05. The molecule has 0 aromatic carbocycles. The highest BCUT2D eigenvalue weighted by Crippen LogP contribution is 2.21. The van der Waals surface area contributed by atoms with Crippen LogP contribution >= 0.6 is 0 Å². The zero-order chi connectivity index (χ0) is 14.4. The lowest BCUT2D eigenvalue weighted by Crippen LogP contribution is -2.23. The van der Waals surface area contributed by atoms with Crippen molar-refractivity contribution in [1.29, 1.82) is 0 Å². The molecular formula is C15H21N5. The smallest absolute Gasteiger partial charge is 0.136 e. The van der Waals surface area contributed by atoms with E-state index in [-0.39, 0.29) is 0 Å². The highest BCUT2D eigenvalue weighted by Gasteiger charge is 2.10. The van der Waals surface area contributed by atoms with E-state index in [1.165, 1.54) is 5.56 Å². The molecule has 1 N–H and O–H groups in total. The fraction of sp³-hybridized carbons (Fsp3) is 0.400. The summed E-state index contributed by atoms with van der Waals surface area (Å²) in [5.74, 6) is 1.89. The molecule has 20 heavy (non-hydrogen) atoms. The Bertz CT molecular complexity index is 541. The monoisotopic (exact) mass is 271 g/mol. The number of likely N-dealkylation sites (N-methyl/N-ethyl adjacent to an activating group) is 1. The molecule has 0 unspecified atom stereocenters. The van der Waals surface area contributed by atoms with Crippen LogP contribution in [0.25, 0.3) is 0 Å². The lowest BCUT2D eigenvalue weighted by molar-refractivity contribution is 0.848. The Morgan fingerprint density at radius 1 is 1.20 bits per heavy atom. The van der Waals surface area contributed by atoms with Gasteiger partial charge in [0.05, 0.1) is 0 Å². The third kappa shape index (κ3) is 3.44. The minimum absolute atomic E-state index is 0.859. The average molecular weight is 271 g/mol. The van der Waals surface area contributed by atoms with Crippen LogP contribution in [0, 0.1) is 6.92 Å². The molecule has 106 valence electrons. The van der Waals surface area contributed by atoms with Crippen LogP contribution in [0.5, 0.6) is 0 Å².